The van der Waals surface area contributed by atoms with Gasteiger partial charge in [-0.1, -0.05) is 11.6 Å². The van der Waals surface area contributed by atoms with Gasteiger partial charge in [-0.15, -0.1) is 11.3 Å². The summed E-state index contributed by atoms with van der Waals surface area (Å²) in [5.74, 6) is 0. The number of carbonyl (C=O) groups is 1. The Balaban J connectivity index is 2.18. The second kappa shape index (κ2) is 6.95. The summed E-state index contributed by atoms with van der Waals surface area (Å²) in [6.07, 6.45) is 0. The van der Waals surface area contributed by atoms with Gasteiger partial charge in [-0.05, 0) is 68.0 Å². The van der Waals surface area contributed by atoms with E-state index in [1.807, 2.05) is 4.72 Å². The lowest BCUT2D eigenvalue weighted by Crippen LogP contribution is -2.34. The molecule has 2 rings (SSSR count). The molecule has 0 spiro atoms. The molecule has 2 aromatic rings. The first-order chi connectivity index (χ1) is 11.4. The van der Waals surface area contributed by atoms with Gasteiger partial charge in [-0.3, -0.25) is 0 Å². The van der Waals surface area contributed by atoms with Crippen LogP contribution in [0.25, 0.3) is 0 Å². The molecule has 0 fully saturated rings. The highest BCUT2D eigenvalue weighted by atomic mass is 35.5. The molecule has 6 nitrogen and oxygen atoms in total. The molecule has 0 bridgehead atoms. The van der Waals surface area contributed by atoms with E-state index >= 15 is 0 Å². The van der Waals surface area contributed by atoms with Crippen LogP contribution in [0.2, 0.25) is 5.02 Å². The zero-order valence-corrected chi connectivity index (χ0v) is 16.6. The van der Waals surface area contributed by atoms with E-state index in [1.165, 1.54) is 6.07 Å². The average molecular weight is 403 g/mol. The van der Waals surface area contributed by atoms with Crippen LogP contribution in [0.5, 0.6) is 0 Å². The largest absolute Gasteiger partial charge is 0.386 e. The van der Waals surface area contributed by atoms with Crippen LogP contribution in [-0.2, 0) is 15.6 Å². The number of hydrogen-bond acceptors (Lipinski definition) is 5. The van der Waals surface area contributed by atoms with Gasteiger partial charge in [0.25, 0.3) is 10.0 Å². The fourth-order valence-corrected chi connectivity index (χ4v) is 4.77. The smallest absolute Gasteiger partial charge is 0.333 e. The Bertz CT molecular complexity index is 891. The van der Waals surface area contributed by atoms with Crippen LogP contribution in [0.4, 0.5) is 10.5 Å². The van der Waals surface area contributed by atoms with Crippen molar-refractivity contribution >= 4 is 44.7 Å². The summed E-state index contributed by atoms with van der Waals surface area (Å²) < 4.78 is 26.6. The van der Waals surface area contributed by atoms with Crippen LogP contribution in [0, 0.1) is 13.8 Å². The maximum Gasteiger partial charge on any atom is 0.333 e. The zero-order valence-electron chi connectivity index (χ0n) is 14.2. The number of benzene rings is 1. The fraction of sp³-hybridized carbons (Fsp3) is 0.312. The lowest BCUT2D eigenvalue weighted by molar-refractivity contribution is 0.0789. The molecule has 0 aliphatic rings. The zero-order chi connectivity index (χ0) is 19.0. The molecule has 0 saturated heterocycles. The van der Waals surface area contributed by atoms with Crippen molar-refractivity contribution in [3.63, 3.8) is 0 Å². The van der Waals surface area contributed by atoms with Gasteiger partial charge in [-0.25, -0.2) is 17.9 Å². The molecule has 0 aliphatic heterocycles. The fourth-order valence-electron chi connectivity index (χ4n) is 2.20. The van der Waals surface area contributed by atoms with E-state index in [-0.39, 0.29) is 4.21 Å². The number of rotatable bonds is 4. The summed E-state index contributed by atoms with van der Waals surface area (Å²) in [4.78, 5) is 12.1. The number of amides is 2. The minimum Gasteiger partial charge on any atom is -0.386 e. The Morgan fingerprint density at radius 3 is 2.24 bits per heavy atom. The monoisotopic (exact) mass is 402 g/mol. The van der Waals surface area contributed by atoms with E-state index < -0.39 is 21.7 Å². The van der Waals surface area contributed by atoms with Gasteiger partial charge in [0.2, 0.25) is 0 Å². The predicted octanol–water partition coefficient (Wildman–Crippen LogP) is 3.76. The molecule has 1 heterocycles. The number of carbonyl (C=O) groups excluding carboxylic acids is 1. The van der Waals surface area contributed by atoms with Crippen molar-refractivity contribution in [3.05, 3.63) is 45.3 Å². The standard InChI is InChI=1S/C16H19ClN2O4S2/c1-9-5-12(17)6-10(2)14(9)18-15(20)19-25(22,23)13-7-11(8-24-13)16(3,4)21/h5-8,21H,1-4H3,(H2,18,19,20). The molecule has 0 saturated carbocycles. The third-order valence-corrected chi connectivity index (χ3v) is 6.50. The molecule has 0 atom stereocenters. The minimum absolute atomic E-state index is 0.0516. The molecular weight excluding hydrogens is 384 g/mol. The number of anilines is 1. The van der Waals surface area contributed by atoms with Crippen LogP contribution >= 0.6 is 22.9 Å². The van der Waals surface area contributed by atoms with Gasteiger partial charge in [-0.2, -0.15) is 0 Å². The third-order valence-electron chi connectivity index (χ3n) is 3.51. The van der Waals surface area contributed by atoms with E-state index in [0.717, 1.165) is 22.5 Å². The summed E-state index contributed by atoms with van der Waals surface area (Å²) in [6.45, 7) is 6.63. The van der Waals surface area contributed by atoms with E-state index in [1.54, 1.807) is 45.2 Å². The van der Waals surface area contributed by atoms with E-state index in [2.05, 4.69) is 5.32 Å². The Labute approximate surface area is 155 Å². The molecular formula is C16H19ClN2O4S2. The maximum atomic E-state index is 12.3. The summed E-state index contributed by atoms with van der Waals surface area (Å²) in [5, 5.41) is 14.5. The molecule has 0 unspecified atom stereocenters. The number of aliphatic hydroxyl groups is 1. The van der Waals surface area contributed by atoms with Crippen LogP contribution < -0.4 is 10.0 Å². The molecule has 9 heteroatoms. The second-order valence-electron chi connectivity index (χ2n) is 6.19. The Kier molecular flexibility index (Phi) is 5.48. The van der Waals surface area contributed by atoms with Crippen LogP contribution in [0.3, 0.4) is 0 Å². The number of halogens is 1. The van der Waals surface area contributed by atoms with Gasteiger partial charge in [0.1, 0.15) is 4.21 Å². The lowest BCUT2D eigenvalue weighted by atomic mass is 10.0. The quantitative estimate of drug-likeness (QED) is 0.725. The minimum atomic E-state index is -4.03. The summed E-state index contributed by atoms with van der Waals surface area (Å²) in [7, 11) is -4.03. The molecule has 3 N–H and O–H groups in total. The topological polar surface area (TPSA) is 95.5 Å². The highest BCUT2D eigenvalue weighted by molar-refractivity contribution is 7.92. The number of aryl methyl sites for hydroxylation is 2. The highest BCUT2D eigenvalue weighted by Gasteiger charge is 2.24. The van der Waals surface area contributed by atoms with Gasteiger partial charge in [0.15, 0.2) is 0 Å². The number of sulfonamides is 1. The Morgan fingerprint density at radius 2 is 1.76 bits per heavy atom. The van der Waals surface area contributed by atoms with Gasteiger partial charge in [0, 0.05) is 10.7 Å². The SMILES string of the molecule is Cc1cc(Cl)cc(C)c1NC(=O)NS(=O)(=O)c1cc(C(C)(C)O)cs1. The number of nitrogens with one attached hydrogen (secondary N) is 2. The lowest BCUT2D eigenvalue weighted by Gasteiger charge is -2.14. The highest BCUT2D eigenvalue weighted by Crippen LogP contribution is 2.28. The first-order valence-electron chi connectivity index (χ1n) is 7.32. The molecule has 2 amide bonds. The normalized spacial score (nSPS) is 12.1. The summed E-state index contributed by atoms with van der Waals surface area (Å²) in [6, 6.07) is 3.83. The predicted molar refractivity (Wildman–Crippen MR) is 99.8 cm³/mol. The van der Waals surface area contributed by atoms with E-state index in [0.29, 0.717) is 16.3 Å². The molecule has 136 valence electrons. The van der Waals surface area contributed by atoms with Crippen molar-refractivity contribution < 1.29 is 18.3 Å². The van der Waals surface area contributed by atoms with Crippen LogP contribution in [-0.4, -0.2) is 19.6 Å². The third kappa shape index (κ3) is 4.72. The summed E-state index contributed by atoms with van der Waals surface area (Å²) in [5.41, 5.74) is 1.24. The molecule has 0 radical (unpaired) electrons. The number of thiophene rings is 1. The number of urea groups is 1. The molecule has 1 aromatic carbocycles. The Morgan fingerprint density at radius 1 is 1.20 bits per heavy atom. The van der Waals surface area contributed by atoms with Gasteiger partial charge < -0.3 is 10.4 Å². The van der Waals surface area contributed by atoms with Crippen molar-refractivity contribution in [3.8, 4) is 0 Å². The van der Waals surface area contributed by atoms with Crippen LogP contribution in [0.15, 0.2) is 27.8 Å². The summed E-state index contributed by atoms with van der Waals surface area (Å²) >= 11 is 6.87. The molecule has 1 aromatic heterocycles. The number of hydrogen-bond donors (Lipinski definition) is 3. The van der Waals surface area contributed by atoms with E-state index in [4.69, 9.17) is 11.6 Å². The van der Waals surface area contributed by atoms with Crippen molar-refractivity contribution in [2.24, 2.45) is 0 Å². The van der Waals surface area contributed by atoms with E-state index in [9.17, 15) is 18.3 Å². The van der Waals surface area contributed by atoms with Crippen molar-refractivity contribution in [2.45, 2.75) is 37.5 Å². The van der Waals surface area contributed by atoms with Gasteiger partial charge >= 0.3 is 6.03 Å². The Hall–Kier alpha value is -1.61. The second-order valence-corrected chi connectivity index (χ2v) is 9.44. The van der Waals surface area contributed by atoms with Crippen molar-refractivity contribution in [2.75, 3.05) is 5.32 Å². The first kappa shape index (κ1) is 19.7. The maximum absolute atomic E-state index is 12.3. The van der Waals surface area contributed by atoms with Crippen molar-refractivity contribution in [1.29, 1.82) is 0 Å². The first-order valence-corrected chi connectivity index (χ1v) is 10.1. The van der Waals surface area contributed by atoms with Gasteiger partial charge in [0.05, 0.1) is 5.60 Å². The average Bonchev–Trinajstić information content (AvgIpc) is 2.92. The van der Waals surface area contributed by atoms with Crippen LogP contribution in [0.1, 0.15) is 30.5 Å². The molecule has 0 aliphatic carbocycles. The molecule has 25 heavy (non-hydrogen) atoms. The van der Waals surface area contributed by atoms with Crippen molar-refractivity contribution in [1.82, 2.24) is 4.72 Å².